The Hall–Kier alpha value is -3.23. The summed E-state index contributed by atoms with van der Waals surface area (Å²) in [5, 5.41) is 21.0. The Morgan fingerprint density at radius 1 is 1.15 bits per heavy atom. The van der Waals surface area contributed by atoms with Crippen LogP contribution in [0.4, 0.5) is 23.1 Å². The number of carbonyl (C=O) groups excluding carboxylic acids is 2. The molecule has 0 spiro atoms. The number of carbonyl (C=O) groups is 3. The number of aliphatic carboxylic acids is 1. The molecule has 0 fully saturated rings. The Morgan fingerprint density at radius 2 is 1.77 bits per heavy atom. The number of H-pyrrole nitrogens is 1. The molecule has 1 aromatic carbocycles. The van der Waals surface area contributed by atoms with E-state index in [1.165, 1.54) is 7.11 Å². The number of aromatic nitrogens is 2. The molecular formula is C20H35CaN7O11. The molecule has 2 radical (unpaired) electrons. The molecule has 18 nitrogen and oxygen atoms in total. The van der Waals surface area contributed by atoms with Crippen LogP contribution in [-0.4, -0.2) is 130 Å². The van der Waals surface area contributed by atoms with Crippen molar-refractivity contribution in [3.63, 3.8) is 0 Å². The first-order valence-electron chi connectivity index (χ1n) is 10.1. The molecule has 2 atom stereocenters. The molecule has 0 bridgehead atoms. The summed E-state index contributed by atoms with van der Waals surface area (Å²) in [5.74, 6) is -1.93. The summed E-state index contributed by atoms with van der Waals surface area (Å²) in [6, 6.07) is 5.14. The van der Waals surface area contributed by atoms with Gasteiger partial charge < -0.3 is 64.2 Å². The van der Waals surface area contributed by atoms with E-state index in [0.29, 0.717) is 24.6 Å². The summed E-state index contributed by atoms with van der Waals surface area (Å²) in [6.07, 6.45) is -0.204. The van der Waals surface area contributed by atoms with Crippen LogP contribution in [0.5, 0.6) is 0 Å². The molecule has 1 amide bonds. The minimum absolute atomic E-state index is 0. The van der Waals surface area contributed by atoms with E-state index in [0.717, 1.165) is 5.69 Å². The van der Waals surface area contributed by atoms with Gasteiger partial charge in [0.15, 0.2) is 5.82 Å². The minimum atomic E-state index is -1.24. The van der Waals surface area contributed by atoms with Crippen LogP contribution in [0.1, 0.15) is 23.2 Å². The molecule has 3 rings (SSSR count). The number of anilines is 4. The fraction of sp³-hybridized carbons (Fsp3) is 0.350. The zero-order chi connectivity index (χ0) is 24.0. The first-order chi connectivity index (χ1) is 15.8. The quantitative estimate of drug-likeness (QED) is 0.107. The molecule has 1 aromatic heterocycles. The largest absolute Gasteiger partial charge is 0.480 e. The van der Waals surface area contributed by atoms with Gasteiger partial charge in [-0.1, -0.05) is 0 Å². The molecule has 2 aromatic rings. The molecule has 1 unspecified atom stereocenters. The Balaban J connectivity index is -0.00000102. The molecule has 0 saturated carbocycles. The summed E-state index contributed by atoms with van der Waals surface area (Å²) in [4.78, 5) is 53.5. The van der Waals surface area contributed by atoms with Crippen LogP contribution in [-0.2, 0) is 14.3 Å². The molecule has 2 heterocycles. The second-order valence-electron chi connectivity index (χ2n) is 7.33. The zero-order valence-corrected chi connectivity index (χ0v) is 23.2. The Kier molecular flexibility index (Phi) is 21.7. The van der Waals surface area contributed by atoms with Crippen molar-refractivity contribution >= 4 is 78.7 Å². The van der Waals surface area contributed by atoms with Crippen molar-refractivity contribution in [3.05, 3.63) is 40.2 Å². The number of hydrogen-bond acceptors (Lipinski definition) is 10. The van der Waals surface area contributed by atoms with Crippen molar-refractivity contribution in [2.24, 2.45) is 0 Å². The normalized spacial score (nSPS) is 12.9. The molecule has 0 aliphatic carbocycles. The summed E-state index contributed by atoms with van der Waals surface area (Å²) < 4.78 is 4.49. The third kappa shape index (κ3) is 12.0. The SMILES string of the molecule is COC(=O)CC[C@H](NC(=O)c1ccc(NCC2CNc3nc(N)[nH]c(=O)c3N2)cc1)C(=O)O.O.O.O.O.O.[Ca]. The fourth-order valence-corrected chi connectivity index (χ4v) is 3.19. The van der Waals surface area contributed by atoms with E-state index < -0.39 is 23.9 Å². The van der Waals surface area contributed by atoms with Crippen LogP contribution in [0.15, 0.2) is 29.1 Å². The number of aromatic amines is 1. The summed E-state index contributed by atoms with van der Waals surface area (Å²) in [6.45, 7) is 0.981. The second kappa shape index (κ2) is 19.8. The third-order valence-electron chi connectivity index (χ3n) is 4.97. The van der Waals surface area contributed by atoms with Crippen LogP contribution >= 0.6 is 0 Å². The maximum Gasteiger partial charge on any atom is 0.326 e. The number of ether oxygens (including phenoxy) is 1. The first-order valence-corrected chi connectivity index (χ1v) is 10.1. The molecule has 218 valence electrons. The van der Waals surface area contributed by atoms with Gasteiger partial charge in [-0.15, -0.1) is 0 Å². The number of carboxylic acids is 1. The van der Waals surface area contributed by atoms with Crippen LogP contribution in [0.25, 0.3) is 0 Å². The van der Waals surface area contributed by atoms with Gasteiger partial charge in [0, 0.05) is 68.5 Å². The van der Waals surface area contributed by atoms with Gasteiger partial charge in [0.25, 0.3) is 11.5 Å². The minimum Gasteiger partial charge on any atom is -0.480 e. The molecule has 19 heteroatoms. The van der Waals surface area contributed by atoms with Gasteiger partial charge in [0.05, 0.1) is 13.2 Å². The fourth-order valence-electron chi connectivity index (χ4n) is 3.19. The number of carboxylic acid groups (broad SMARTS) is 1. The summed E-state index contributed by atoms with van der Waals surface area (Å²) in [7, 11) is 1.21. The molecule has 1 aliphatic heterocycles. The van der Waals surface area contributed by atoms with Crippen molar-refractivity contribution < 1.29 is 51.6 Å². The van der Waals surface area contributed by atoms with E-state index in [4.69, 9.17) is 5.73 Å². The van der Waals surface area contributed by atoms with Crippen LogP contribution in [0, 0.1) is 0 Å². The van der Waals surface area contributed by atoms with Gasteiger partial charge in [-0.05, 0) is 30.7 Å². The Bertz CT molecular complexity index is 1100. The Morgan fingerprint density at radius 3 is 2.33 bits per heavy atom. The number of methoxy groups -OCH3 is 1. The van der Waals surface area contributed by atoms with Crippen molar-refractivity contribution in [3.8, 4) is 0 Å². The number of fused-ring (bicyclic) bond motifs is 1. The number of esters is 1. The van der Waals surface area contributed by atoms with E-state index in [1.807, 2.05) is 0 Å². The molecule has 0 saturated heterocycles. The van der Waals surface area contributed by atoms with E-state index in [1.54, 1.807) is 24.3 Å². The van der Waals surface area contributed by atoms with E-state index in [9.17, 15) is 24.3 Å². The number of nitrogens with one attached hydrogen (secondary N) is 5. The van der Waals surface area contributed by atoms with Gasteiger partial charge in [-0.2, -0.15) is 4.98 Å². The number of amides is 1. The molecular weight excluding hydrogens is 554 g/mol. The van der Waals surface area contributed by atoms with Gasteiger partial charge in [0.2, 0.25) is 5.95 Å². The maximum absolute atomic E-state index is 12.4. The smallest absolute Gasteiger partial charge is 0.326 e. The predicted octanol–water partition coefficient (Wildman–Crippen LogP) is -4.70. The first kappa shape index (κ1) is 42.8. The average Bonchev–Trinajstić information content (AvgIpc) is 2.80. The number of hydrogen-bond donors (Lipinski definition) is 7. The monoisotopic (exact) mass is 589 g/mol. The standard InChI is InChI=1S/C20H25N7O6.Ca.5H2O/c1-33-14(28)7-6-13(19(31)32)25-17(29)10-2-4-11(5-3-10)22-8-12-9-23-16-15(24-12)18(30)27-20(21)26-16;;;;;;/h2-5,12-13,22,24H,6-9H2,1H3,(H,25,29)(H,31,32)(H4,21,23,26,27,30);;5*1H2/t12?,13-;;;;;;/m0....../s1. The van der Waals surface area contributed by atoms with Gasteiger partial charge >= 0.3 is 11.9 Å². The molecule has 39 heavy (non-hydrogen) atoms. The molecule has 18 N–H and O–H groups in total. The summed E-state index contributed by atoms with van der Waals surface area (Å²) in [5.41, 5.74) is 6.48. The third-order valence-corrected chi connectivity index (χ3v) is 4.97. The van der Waals surface area contributed by atoms with Gasteiger partial charge in [0.1, 0.15) is 11.7 Å². The average molecular weight is 590 g/mol. The number of nitrogens with two attached hydrogens (primary N) is 1. The number of rotatable bonds is 9. The predicted molar refractivity (Wildman–Crippen MR) is 144 cm³/mol. The maximum atomic E-state index is 12.4. The topological polar surface area (TPSA) is 358 Å². The van der Waals surface area contributed by atoms with Gasteiger partial charge in [-0.3, -0.25) is 19.4 Å². The van der Waals surface area contributed by atoms with Crippen molar-refractivity contribution in [2.45, 2.75) is 24.9 Å². The number of benzene rings is 1. The zero-order valence-electron chi connectivity index (χ0n) is 21.0. The van der Waals surface area contributed by atoms with Crippen molar-refractivity contribution in [2.75, 3.05) is 41.9 Å². The van der Waals surface area contributed by atoms with Gasteiger partial charge in [-0.25, -0.2) is 4.79 Å². The number of nitrogens with zero attached hydrogens (tertiary/aromatic N) is 1. The van der Waals surface area contributed by atoms with E-state index in [-0.39, 0.29) is 101 Å². The number of nitrogen functional groups attached to an aromatic ring is 1. The second-order valence-corrected chi connectivity index (χ2v) is 7.33. The van der Waals surface area contributed by atoms with Crippen molar-refractivity contribution in [1.29, 1.82) is 0 Å². The Labute approximate surface area is 251 Å². The van der Waals surface area contributed by atoms with E-state index in [2.05, 4.69) is 36.0 Å². The molecule has 1 aliphatic rings. The van der Waals surface area contributed by atoms with Crippen molar-refractivity contribution in [1.82, 2.24) is 15.3 Å². The van der Waals surface area contributed by atoms with Crippen LogP contribution < -0.4 is 32.6 Å². The summed E-state index contributed by atoms with van der Waals surface area (Å²) >= 11 is 0. The van der Waals surface area contributed by atoms with Crippen LogP contribution in [0.2, 0.25) is 0 Å². The van der Waals surface area contributed by atoms with E-state index >= 15 is 0 Å². The van der Waals surface area contributed by atoms with Crippen LogP contribution in [0.3, 0.4) is 0 Å².